The predicted molar refractivity (Wildman–Crippen MR) is 73.1 cm³/mol. The number of aryl methyl sites for hydroxylation is 1. The summed E-state index contributed by atoms with van der Waals surface area (Å²) < 4.78 is 0. The molecule has 17 heavy (non-hydrogen) atoms. The first kappa shape index (κ1) is 14.3. The Kier molecular flexibility index (Phi) is 5.79. The first-order valence-corrected chi connectivity index (χ1v) is 6.59. The molecule has 0 bridgehead atoms. The average Bonchev–Trinajstić information content (AvgIpc) is 2.30. The molecule has 0 saturated carbocycles. The van der Waals surface area contributed by atoms with Crippen LogP contribution in [-0.2, 0) is 0 Å². The summed E-state index contributed by atoms with van der Waals surface area (Å²) in [4.78, 5) is 11.9. The molecule has 0 fully saturated rings. The van der Waals surface area contributed by atoms with Gasteiger partial charge in [0.1, 0.15) is 0 Å². The molecule has 1 atom stereocenters. The van der Waals surface area contributed by atoms with Crippen molar-refractivity contribution >= 4 is 29.1 Å². The van der Waals surface area contributed by atoms with Crippen molar-refractivity contribution in [2.45, 2.75) is 32.7 Å². The molecule has 0 radical (unpaired) electrons. The quantitative estimate of drug-likeness (QED) is 0.813. The lowest BCUT2D eigenvalue weighted by Crippen LogP contribution is -2.32. The minimum absolute atomic E-state index is 0.0889. The maximum absolute atomic E-state index is 11.9. The van der Waals surface area contributed by atoms with Gasteiger partial charge in [0, 0.05) is 22.5 Å². The smallest absolute Gasteiger partial charge is 0.251 e. The van der Waals surface area contributed by atoms with E-state index in [0.29, 0.717) is 16.5 Å². The van der Waals surface area contributed by atoms with Gasteiger partial charge in [0.2, 0.25) is 0 Å². The number of carbonyl (C=O) groups excluding carboxylic acids is 1. The molecule has 0 saturated heterocycles. The van der Waals surface area contributed by atoms with Crippen LogP contribution in [0.4, 0.5) is 0 Å². The van der Waals surface area contributed by atoms with Gasteiger partial charge in [-0.2, -0.15) is 0 Å². The fourth-order valence-corrected chi connectivity index (χ4v) is 1.83. The number of halogens is 2. The number of alkyl halides is 1. The fraction of sp³-hybridized carbons (Fsp3) is 0.462. The molecule has 0 aromatic heterocycles. The van der Waals surface area contributed by atoms with Crippen LogP contribution in [0.2, 0.25) is 5.02 Å². The molecule has 0 heterocycles. The summed E-state index contributed by atoms with van der Waals surface area (Å²) in [5, 5.41) is 3.54. The third kappa shape index (κ3) is 4.57. The van der Waals surface area contributed by atoms with Crippen molar-refractivity contribution in [3.05, 3.63) is 34.3 Å². The third-order valence-corrected chi connectivity index (χ3v) is 3.26. The molecule has 1 rings (SSSR count). The van der Waals surface area contributed by atoms with Crippen LogP contribution in [0.15, 0.2) is 18.2 Å². The minimum Gasteiger partial charge on any atom is -0.350 e. The van der Waals surface area contributed by atoms with Crippen LogP contribution < -0.4 is 5.32 Å². The van der Waals surface area contributed by atoms with E-state index in [0.717, 1.165) is 18.4 Å². The number of amides is 1. The fourth-order valence-electron chi connectivity index (χ4n) is 1.50. The summed E-state index contributed by atoms with van der Waals surface area (Å²) in [6.07, 6.45) is 1.78. The molecular weight excluding hydrogens is 257 g/mol. The van der Waals surface area contributed by atoms with E-state index in [1.54, 1.807) is 12.1 Å². The Hall–Kier alpha value is -0.730. The number of rotatable bonds is 5. The Morgan fingerprint density at radius 3 is 2.76 bits per heavy atom. The Labute approximate surface area is 112 Å². The topological polar surface area (TPSA) is 29.1 Å². The maximum atomic E-state index is 11.9. The van der Waals surface area contributed by atoms with Crippen LogP contribution in [0.25, 0.3) is 0 Å². The minimum atomic E-state index is -0.0889. The van der Waals surface area contributed by atoms with Crippen molar-refractivity contribution in [2.75, 3.05) is 5.88 Å². The van der Waals surface area contributed by atoms with Crippen molar-refractivity contribution in [3.8, 4) is 0 Å². The molecule has 1 aromatic rings. The Morgan fingerprint density at radius 1 is 1.47 bits per heavy atom. The molecule has 1 N–H and O–H groups in total. The molecular formula is C13H17Cl2NO. The van der Waals surface area contributed by atoms with Crippen molar-refractivity contribution in [3.63, 3.8) is 0 Å². The zero-order valence-corrected chi connectivity index (χ0v) is 11.6. The van der Waals surface area contributed by atoms with Crippen molar-refractivity contribution < 1.29 is 4.79 Å². The molecule has 0 spiro atoms. The normalized spacial score (nSPS) is 12.2. The van der Waals surface area contributed by atoms with Gasteiger partial charge in [0.05, 0.1) is 0 Å². The lowest BCUT2D eigenvalue weighted by molar-refractivity contribution is 0.0938. The number of nitrogens with one attached hydrogen (secondary N) is 1. The van der Waals surface area contributed by atoms with E-state index in [1.165, 1.54) is 0 Å². The standard InChI is InChI=1S/C13H17Cl2NO/c1-9-5-6-11(8-12(9)15)13(17)16-10(2)4-3-7-14/h5-6,8,10H,3-4,7H2,1-2H3,(H,16,17). The second-order valence-corrected chi connectivity index (χ2v) is 4.95. The summed E-state index contributed by atoms with van der Waals surface area (Å²) in [6, 6.07) is 5.45. The van der Waals surface area contributed by atoms with E-state index in [9.17, 15) is 4.79 Å². The Bertz CT molecular complexity index is 393. The number of hydrogen-bond donors (Lipinski definition) is 1. The summed E-state index contributed by atoms with van der Waals surface area (Å²) in [7, 11) is 0. The molecule has 0 aliphatic rings. The van der Waals surface area contributed by atoms with Crippen molar-refractivity contribution in [1.82, 2.24) is 5.32 Å². The lowest BCUT2D eigenvalue weighted by Gasteiger charge is -2.13. The van der Waals surface area contributed by atoms with E-state index in [4.69, 9.17) is 23.2 Å². The Morgan fingerprint density at radius 2 is 2.18 bits per heavy atom. The first-order chi connectivity index (χ1) is 8.04. The van der Waals surface area contributed by atoms with Crippen LogP contribution >= 0.6 is 23.2 Å². The highest BCUT2D eigenvalue weighted by molar-refractivity contribution is 6.31. The van der Waals surface area contributed by atoms with Crippen LogP contribution in [0.3, 0.4) is 0 Å². The van der Waals surface area contributed by atoms with E-state index in [-0.39, 0.29) is 11.9 Å². The maximum Gasteiger partial charge on any atom is 0.251 e. The monoisotopic (exact) mass is 273 g/mol. The van der Waals surface area contributed by atoms with E-state index < -0.39 is 0 Å². The molecule has 94 valence electrons. The second kappa shape index (κ2) is 6.87. The van der Waals surface area contributed by atoms with Crippen LogP contribution in [0.5, 0.6) is 0 Å². The van der Waals surface area contributed by atoms with Gasteiger partial charge in [-0.1, -0.05) is 17.7 Å². The largest absolute Gasteiger partial charge is 0.350 e. The summed E-state index contributed by atoms with van der Waals surface area (Å²) in [6.45, 7) is 3.88. The van der Waals surface area contributed by atoms with Gasteiger partial charge in [-0.05, 0) is 44.4 Å². The number of carbonyl (C=O) groups is 1. The van der Waals surface area contributed by atoms with Gasteiger partial charge in [0.25, 0.3) is 5.91 Å². The molecule has 2 nitrogen and oxygen atoms in total. The van der Waals surface area contributed by atoms with Gasteiger partial charge in [0.15, 0.2) is 0 Å². The zero-order valence-electron chi connectivity index (χ0n) is 10.1. The number of benzene rings is 1. The van der Waals surface area contributed by atoms with E-state index in [2.05, 4.69) is 5.32 Å². The highest BCUT2D eigenvalue weighted by atomic mass is 35.5. The van der Waals surface area contributed by atoms with Gasteiger partial charge < -0.3 is 5.32 Å². The molecule has 1 amide bonds. The van der Waals surface area contributed by atoms with Crippen LogP contribution in [0, 0.1) is 6.92 Å². The predicted octanol–water partition coefficient (Wildman–Crippen LogP) is 3.79. The summed E-state index contributed by atoms with van der Waals surface area (Å²) in [5.41, 5.74) is 1.57. The van der Waals surface area contributed by atoms with Gasteiger partial charge in [-0.25, -0.2) is 0 Å². The van der Waals surface area contributed by atoms with Crippen LogP contribution in [0.1, 0.15) is 35.7 Å². The lowest BCUT2D eigenvalue weighted by atomic mass is 10.1. The molecule has 1 aromatic carbocycles. The summed E-state index contributed by atoms with van der Waals surface area (Å²) in [5.74, 6) is 0.533. The summed E-state index contributed by atoms with van der Waals surface area (Å²) >= 11 is 11.6. The van der Waals surface area contributed by atoms with Gasteiger partial charge in [-0.15, -0.1) is 11.6 Å². The van der Waals surface area contributed by atoms with Gasteiger partial charge in [-0.3, -0.25) is 4.79 Å². The highest BCUT2D eigenvalue weighted by Crippen LogP contribution is 2.16. The van der Waals surface area contributed by atoms with Crippen molar-refractivity contribution in [2.24, 2.45) is 0 Å². The SMILES string of the molecule is Cc1ccc(C(=O)NC(C)CCCCl)cc1Cl. The van der Waals surface area contributed by atoms with Crippen LogP contribution in [-0.4, -0.2) is 17.8 Å². The van der Waals surface area contributed by atoms with E-state index >= 15 is 0 Å². The molecule has 4 heteroatoms. The molecule has 1 unspecified atom stereocenters. The Balaban J connectivity index is 2.60. The van der Waals surface area contributed by atoms with Crippen molar-refractivity contribution in [1.29, 1.82) is 0 Å². The van der Waals surface area contributed by atoms with E-state index in [1.807, 2.05) is 19.9 Å². The third-order valence-electron chi connectivity index (χ3n) is 2.58. The average molecular weight is 274 g/mol. The molecule has 0 aliphatic heterocycles. The zero-order chi connectivity index (χ0) is 12.8. The first-order valence-electron chi connectivity index (χ1n) is 5.67. The molecule has 0 aliphatic carbocycles. The van der Waals surface area contributed by atoms with Gasteiger partial charge >= 0.3 is 0 Å². The highest BCUT2D eigenvalue weighted by Gasteiger charge is 2.10. The second-order valence-electron chi connectivity index (χ2n) is 4.17. The number of hydrogen-bond acceptors (Lipinski definition) is 1.